The van der Waals surface area contributed by atoms with Crippen LogP contribution in [0.1, 0.15) is 29.8 Å². The second-order valence-electron chi connectivity index (χ2n) is 5.54. The Balaban J connectivity index is 2.28. The summed E-state index contributed by atoms with van der Waals surface area (Å²) in [6.07, 6.45) is 0. The van der Waals surface area contributed by atoms with E-state index in [1.165, 1.54) is 13.2 Å². The Hall–Kier alpha value is -2.20. The van der Waals surface area contributed by atoms with E-state index >= 15 is 0 Å². The van der Waals surface area contributed by atoms with Gasteiger partial charge in [-0.25, -0.2) is 0 Å². The van der Waals surface area contributed by atoms with Crippen LogP contribution >= 0.6 is 11.6 Å². The molecule has 2 rings (SSSR count). The first-order valence-corrected chi connectivity index (χ1v) is 7.72. The third-order valence-electron chi connectivity index (χ3n) is 3.56. The molecule has 0 aromatic heterocycles. The van der Waals surface area contributed by atoms with E-state index in [1.54, 1.807) is 23.1 Å². The predicted octanol–water partition coefficient (Wildman–Crippen LogP) is 4.11. The van der Waals surface area contributed by atoms with Gasteiger partial charge in [0.05, 0.1) is 12.7 Å². The van der Waals surface area contributed by atoms with Gasteiger partial charge in [0.2, 0.25) is 0 Å². The van der Waals surface area contributed by atoms with Crippen LogP contribution in [-0.4, -0.2) is 29.1 Å². The molecule has 0 saturated carbocycles. The molecule has 5 heteroatoms. The smallest absolute Gasteiger partial charge is 0.258 e. The molecule has 0 aliphatic heterocycles. The number of carbonyl (C=O) groups excluding carboxylic acids is 1. The van der Waals surface area contributed by atoms with E-state index in [1.807, 2.05) is 32.0 Å². The number of ether oxygens (including phenoxy) is 1. The molecule has 1 N–H and O–H groups in total. The summed E-state index contributed by atoms with van der Waals surface area (Å²) < 4.78 is 5.05. The number of benzene rings is 2. The number of nitrogens with zero attached hydrogens (tertiary/aromatic N) is 1. The Morgan fingerprint density at radius 1 is 1.26 bits per heavy atom. The highest BCUT2D eigenvalue weighted by Gasteiger charge is 2.22. The van der Waals surface area contributed by atoms with Crippen LogP contribution in [0, 0.1) is 0 Å². The summed E-state index contributed by atoms with van der Waals surface area (Å²) >= 11 is 6.01. The van der Waals surface area contributed by atoms with Gasteiger partial charge in [-0.15, -0.1) is 0 Å². The lowest BCUT2D eigenvalue weighted by molar-refractivity contribution is 0.0687. The quantitative estimate of drug-likeness (QED) is 0.896. The molecule has 23 heavy (non-hydrogen) atoms. The summed E-state index contributed by atoms with van der Waals surface area (Å²) in [5.74, 6) is 0.177. The first-order valence-electron chi connectivity index (χ1n) is 7.34. The topological polar surface area (TPSA) is 49.8 Å². The molecule has 0 spiro atoms. The van der Waals surface area contributed by atoms with E-state index in [0.29, 0.717) is 17.3 Å². The highest BCUT2D eigenvalue weighted by Crippen LogP contribution is 2.26. The van der Waals surface area contributed by atoms with E-state index in [-0.39, 0.29) is 23.3 Å². The molecule has 4 nitrogen and oxygen atoms in total. The Kier molecular flexibility index (Phi) is 5.50. The van der Waals surface area contributed by atoms with E-state index in [4.69, 9.17) is 16.3 Å². The molecule has 122 valence electrons. The van der Waals surface area contributed by atoms with Gasteiger partial charge < -0.3 is 14.7 Å². The number of phenolic OH excluding ortho intramolecular Hbond substituents is 1. The minimum Gasteiger partial charge on any atom is -0.507 e. The first-order chi connectivity index (χ1) is 10.9. The normalized spacial score (nSPS) is 10.7. The Bertz CT molecular complexity index is 700. The summed E-state index contributed by atoms with van der Waals surface area (Å²) in [4.78, 5) is 14.5. The van der Waals surface area contributed by atoms with Gasteiger partial charge >= 0.3 is 0 Å². The zero-order chi connectivity index (χ0) is 17.0. The van der Waals surface area contributed by atoms with Crippen molar-refractivity contribution < 1.29 is 14.6 Å². The van der Waals surface area contributed by atoms with E-state index in [0.717, 1.165) is 5.56 Å². The van der Waals surface area contributed by atoms with Gasteiger partial charge in [0.25, 0.3) is 5.91 Å². The number of amides is 1. The van der Waals surface area contributed by atoms with Crippen molar-refractivity contribution >= 4 is 17.5 Å². The number of hydrogen-bond acceptors (Lipinski definition) is 3. The number of aromatic hydroxyl groups is 1. The summed E-state index contributed by atoms with van der Waals surface area (Å²) in [5.41, 5.74) is 1.19. The fraction of sp³-hybridized carbons (Fsp3) is 0.278. The van der Waals surface area contributed by atoms with Crippen molar-refractivity contribution in [2.24, 2.45) is 0 Å². The van der Waals surface area contributed by atoms with Crippen LogP contribution in [0.4, 0.5) is 0 Å². The molecule has 0 fully saturated rings. The Labute approximate surface area is 141 Å². The number of hydrogen-bond donors (Lipinski definition) is 1. The Morgan fingerprint density at radius 3 is 2.57 bits per heavy atom. The van der Waals surface area contributed by atoms with Crippen molar-refractivity contribution in [3.63, 3.8) is 0 Å². The molecule has 0 aliphatic rings. The van der Waals surface area contributed by atoms with Crippen molar-refractivity contribution in [3.8, 4) is 11.5 Å². The molecule has 2 aromatic rings. The zero-order valence-corrected chi connectivity index (χ0v) is 14.2. The van der Waals surface area contributed by atoms with E-state index < -0.39 is 0 Å². The maximum absolute atomic E-state index is 12.8. The van der Waals surface area contributed by atoms with Crippen LogP contribution in [0.5, 0.6) is 11.5 Å². The van der Waals surface area contributed by atoms with Crippen LogP contribution in [0.2, 0.25) is 5.02 Å². The van der Waals surface area contributed by atoms with Crippen LogP contribution in [0.15, 0.2) is 42.5 Å². The van der Waals surface area contributed by atoms with E-state index in [2.05, 4.69) is 0 Å². The molecule has 0 aliphatic carbocycles. The molecular formula is C18H20ClNO3. The first kappa shape index (κ1) is 17.2. The van der Waals surface area contributed by atoms with Crippen molar-refractivity contribution in [2.45, 2.75) is 26.4 Å². The van der Waals surface area contributed by atoms with Gasteiger partial charge in [-0.05, 0) is 43.7 Å². The molecular weight excluding hydrogens is 314 g/mol. The van der Waals surface area contributed by atoms with Crippen LogP contribution < -0.4 is 4.74 Å². The van der Waals surface area contributed by atoms with Gasteiger partial charge in [0, 0.05) is 23.7 Å². The lowest BCUT2D eigenvalue weighted by Gasteiger charge is -2.27. The predicted molar refractivity (Wildman–Crippen MR) is 91.1 cm³/mol. The number of methoxy groups -OCH3 is 1. The highest BCUT2D eigenvalue weighted by molar-refractivity contribution is 6.30. The number of halogens is 1. The summed E-state index contributed by atoms with van der Waals surface area (Å²) in [6, 6.07) is 12.0. The Morgan fingerprint density at radius 2 is 2.00 bits per heavy atom. The summed E-state index contributed by atoms with van der Waals surface area (Å²) in [5, 5.41) is 10.7. The SMILES string of the molecule is COc1ccc(C(=O)N(Cc2cccc(Cl)c2)C(C)C)c(O)c1. The maximum atomic E-state index is 12.8. The molecule has 0 atom stereocenters. The van der Waals surface area contributed by atoms with Crippen LogP contribution in [0.25, 0.3) is 0 Å². The number of carbonyl (C=O) groups is 1. The summed E-state index contributed by atoms with van der Waals surface area (Å²) in [7, 11) is 1.51. The maximum Gasteiger partial charge on any atom is 0.258 e. The van der Waals surface area contributed by atoms with Gasteiger partial charge in [-0.2, -0.15) is 0 Å². The second kappa shape index (κ2) is 7.38. The molecule has 0 heterocycles. The average molecular weight is 334 g/mol. The van der Waals surface area contributed by atoms with E-state index in [9.17, 15) is 9.90 Å². The highest BCUT2D eigenvalue weighted by atomic mass is 35.5. The van der Waals surface area contributed by atoms with Crippen molar-refractivity contribution in [2.75, 3.05) is 7.11 Å². The summed E-state index contributed by atoms with van der Waals surface area (Å²) in [6.45, 7) is 4.29. The molecule has 2 aromatic carbocycles. The lowest BCUT2D eigenvalue weighted by atomic mass is 10.1. The van der Waals surface area contributed by atoms with Gasteiger partial charge in [0.1, 0.15) is 11.5 Å². The third kappa shape index (κ3) is 4.17. The van der Waals surface area contributed by atoms with Crippen molar-refractivity contribution in [1.82, 2.24) is 4.90 Å². The molecule has 0 bridgehead atoms. The number of phenols is 1. The largest absolute Gasteiger partial charge is 0.507 e. The fourth-order valence-corrected chi connectivity index (χ4v) is 2.51. The van der Waals surface area contributed by atoms with Crippen LogP contribution in [-0.2, 0) is 6.54 Å². The minimum absolute atomic E-state index is 0.0250. The molecule has 0 saturated heterocycles. The van der Waals surface area contributed by atoms with Gasteiger partial charge in [-0.3, -0.25) is 4.79 Å². The van der Waals surface area contributed by atoms with Crippen LogP contribution in [0.3, 0.4) is 0 Å². The van der Waals surface area contributed by atoms with Crippen molar-refractivity contribution in [3.05, 3.63) is 58.6 Å². The average Bonchev–Trinajstić information content (AvgIpc) is 2.51. The zero-order valence-electron chi connectivity index (χ0n) is 13.4. The fourth-order valence-electron chi connectivity index (χ4n) is 2.29. The van der Waals surface area contributed by atoms with Crippen molar-refractivity contribution in [1.29, 1.82) is 0 Å². The number of rotatable bonds is 5. The lowest BCUT2D eigenvalue weighted by Crippen LogP contribution is -2.36. The van der Waals surface area contributed by atoms with Gasteiger partial charge in [0.15, 0.2) is 0 Å². The second-order valence-corrected chi connectivity index (χ2v) is 5.98. The minimum atomic E-state index is -0.236. The molecule has 0 radical (unpaired) electrons. The monoisotopic (exact) mass is 333 g/mol. The molecule has 1 amide bonds. The standard InChI is InChI=1S/C18H20ClNO3/c1-12(2)20(11-13-5-4-6-14(19)9-13)18(22)16-8-7-15(23-3)10-17(16)21/h4-10,12,21H,11H2,1-3H3. The molecule has 0 unspecified atom stereocenters. The third-order valence-corrected chi connectivity index (χ3v) is 3.80. The van der Waals surface area contributed by atoms with Gasteiger partial charge in [-0.1, -0.05) is 23.7 Å².